The van der Waals surface area contributed by atoms with E-state index in [-0.39, 0.29) is 17.6 Å². The summed E-state index contributed by atoms with van der Waals surface area (Å²) in [7, 11) is 0. The van der Waals surface area contributed by atoms with Gasteiger partial charge >= 0.3 is 0 Å². The highest BCUT2D eigenvalue weighted by atomic mass is 79.9. The van der Waals surface area contributed by atoms with Crippen LogP contribution in [0.1, 0.15) is 19.3 Å². The molecule has 1 aromatic heterocycles. The van der Waals surface area contributed by atoms with Crippen LogP contribution < -0.4 is 16.6 Å². The van der Waals surface area contributed by atoms with Crippen molar-refractivity contribution in [1.29, 1.82) is 0 Å². The van der Waals surface area contributed by atoms with E-state index in [4.69, 9.17) is 5.73 Å². The van der Waals surface area contributed by atoms with Gasteiger partial charge in [0.1, 0.15) is 4.47 Å². The highest BCUT2D eigenvalue weighted by Crippen LogP contribution is 2.30. The molecule has 2 atom stereocenters. The minimum atomic E-state index is -0.0591. The first-order valence-corrected chi connectivity index (χ1v) is 6.72. The molecule has 0 aromatic carbocycles. The van der Waals surface area contributed by atoms with Crippen molar-refractivity contribution in [2.24, 2.45) is 11.7 Å². The van der Waals surface area contributed by atoms with E-state index in [1.807, 2.05) is 0 Å². The molecule has 3 rings (SSSR count). The molecule has 0 radical (unpaired) electrons. The Morgan fingerprint density at radius 2 is 2.29 bits per heavy atom. The van der Waals surface area contributed by atoms with Crippen LogP contribution in [-0.4, -0.2) is 21.9 Å². The summed E-state index contributed by atoms with van der Waals surface area (Å²) in [6.07, 6.45) is 5.09. The molecule has 0 saturated heterocycles. The normalized spacial score (nSPS) is 26.9. The summed E-state index contributed by atoms with van der Waals surface area (Å²) in [5.74, 6) is 0.641. The number of nitrogens with two attached hydrogens (primary N) is 1. The first-order chi connectivity index (χ1) is 8.15. The van der Waals surface area contributed by atoms with Gasteiger partial charge in [0.2, 0.25) is 0 Å². The van der Waals surface area contributed by atoms with E-state index in [1.165, 1.54) is 12.8 Å². The van der Waals surface area contributed by atoms with Gasteiger partial charge in [-0.15, -0.1) is 0 Å². The number of hydrogen-bond acceptors (Lipinski definition) is 4. The van der Waals surface area contributed by atoms with Gasteiger partial charge in [-0.1, -0.05) is 0 Å². The van der Waals surface area contributed by atoms with Gasteiger partial charge < -0.3 is 11.1 Å². The lowest BCUT2D eigenvalue weighted by Crippen LogP contribution is -2.26. The van der Waals surface area contributed by atoms with Gasteiger partial charge in [-0.2, -0.15) is 5.10 Å². The smallest absolute Gasteiger partial charge is 0.283 e. The summed E-state index contributed by atoms with van der Waals surface area (Å²) in [4.78, 5) is 12.0. The van der Waals surface area contributed by atoms with Crippen LogP contribution in [0, 0.1) is 5.92 Å². The number of nitrogens with zero attached hydrogens (tertiary/aromatic N) is 2. The maximum absolute atomic E-state index is 12.0. The quantitative estimate of drug-likeness (QED) is 0.867. The van der Waals surface area contributed by atoms with Crippen molar-refractivity contribution in [3.8, 4) is 0 Å². The molecule has 1 heterocycles. The molecule has 3 N–H and O–H groups in total. The summed E-state index contributed by atoms with van der Waals surface area (Å²) in [6.45, 7) is 0.737. The van der Waals surface area contributed by atoms with Gasteiger partial charge in [0.25, 0.3) is 5.56 Å². The zero-order valence-corrected chi connectivity index (χ0v) is 11.0. The van der Waals surface area contributed by atoms with E-state index < -0.39 is 0 Å². The topological polar surface area (TPSA) is 72.9 Å². The second-order valence-electron chi connectivity index (χ2n) is 4.95. The molecule has 0 spiro atoms. The Morgan fingerprint density at radius 1 is 1.59 bits per heavy atom. The standard InChI is InChI=1S/C11H15BrN4O/c12-10-9(15-8-3-7(8)13)4-14-16(11(10)17)5-6-1-2-6/h4,6-8,15H,1-3,5,13H2. The van der Waals surface area contributed by atoms with Crippen molar-refractivity contribution >= 4 is 21.6 Å². The number of aromatic nitrogens is 2. The van der Waals surface area contributed by atoms with Gasteiger partial charge in [-0.3, -0.25) is 4.79 Å². The van der Waals surface area contributed by atoms with Crippen molar-refractivity contribution < 1.29 is 0 Å². The van der Waals surface area contributed by atoms with E-state index in [2.05, 4.69) is 26.3 Å². The molecule has 92 valence electrons. The molecule has 2 saturated carbocycles. The maximum Gasteiger partial charge on any atom is 0.283 e. The van der Waals surface area contributed by atoms with E-state index >= 15 is 0 Å². The Balaban J connectivity index is 1.80. The Kier molecular flexibility index (Phi) is 2.71. The summed E-state index contributed by atoms with van der Waals surface area (Å²) < 4.78 is 2.10. The third kappa shape index (κ3) is 2.37. The lowest BCUT2D eigenvalue weighted by molar-refractivity contribution is 0.532. The molecule has 5 nitrogen and oxygen atoms in total. The molecule has 0 amide bonds. The van der Waals surface area contributed by atoms with Crippen LogP contribution in [0.25, 0.3) is 0 Å². The first-order valence-electron chi connectivity index (χ1n) is 5.93. The second-order valence-corrected chi connectivity index (χ2v) is 5.75. The summed E-state index contributed by atoms with van der Waals surface area (Å²) in [5.41, 5.74) is 6.42. The predicted octanol–water partition coefficient (Wildman–Crippen LogP) is 0.927. The van der Waals surface area contributed by atoms with Crippen molar-refractivity contribution in [2.75, 3.05) is 5.32 Å². The van der Waals surface area contributed by atoms with Gasteiger partial charge in [0.15, 0.2) is 0 Å². The molecule has 2 aliphatic rings. The monoisotopic (exact) mass is 298 g/mol. The molecule has 2 unspecified atom stereocenters. The van der Waals surface area contributed by atoms with Gasteiger partial charge in [-0.05, 0) is 41.1 Å². The SMILES string of the molecule is NC1CC1Nc1cnn(CC2CC2)c(=O)c1Br. The van der Waals surface area contributed by atoms with Gasteiger partial charge in [0, 0.05) is 18.6 Å². The predicted molar refractivity (Wildman–Crippen MR) is 68.9 cm³/mol. The molecule has 1 aromatic rings. The van der Waals surface area contributed by atoms with Crippen LogP contribution in [0.5, 0.6) is 0 Å². The Labute approximate surface area is 108 Å². The van der Waals surface area contributed by atoms with Crippen molar-refractivity contribution in [3.63, 3.8) is 0 Å². The van der Waals surface area contributed by atoms with E-state index in [0.29, 0.717) is 10.4 Å². The zero-order chi connectivity index (χ0) is 12.0. The number of hydrogen-bond donors (Lipinski definition) is 2. The second kappa shape index (κ2) is 4.10. The zero-order valence-electron chi connectivity index (χ0n) is 9.40. The minimum absolute atomic E-state index is 0.0591. The van der Waals surface area contributed by atoms with Gasteiger partial charge in [-0.25, -0.2) is 4.68 Å². The number of anilines is 1. The molecule has 2 fully saturated rings. The molecule has 17 heavy (non-hydrogen) atoms. The minimum Gasteiger partial charge on any atom is -0.378 e. The lowest BCUT2D eigenvalue weighted by atomic mass is 10.4. The Hall–Kier alpha value is -0.880. The number of halogens is 1. The lowest BCUT2D eigenvalue weighted by Gasteiger charge is -2.09. The van der Waals surface area contributed by atoms with Crippen molar-refractivity contribution in [1.82, 2.24) is 9.78 Å². The fourth-order valence-corrected chi connectivity index (χ4v) is 2.24. The van der Waals surface area contributed by atoms with E-state index in [0.717, 1.165) is 18.7 Å². The van der Waals surface area contributed by atoms with Crippen LogP contribution in [0.4, 0.5) is 5.69 Å². The van der Waals surface area contributed by atoms with Crippen LogP contribution >= 0.6 is 15.9 Å². The average Bonchev–Trinajstić information content (AvgIpc) is 3.19. The Morgan fingerprint density at radius 3 is 2.88 bits per heavy atom. The van der Waals surface area contributed by atoms with Crippen LogP contribution in [-0.2, 0) is 6.54 Å². The highest BCUT2D eigenvalue weighted by molar-refractivity contribution is 9.10. The Bertz CT molecular complexity index is 497. The summed E-state index contributed by atoms with van der Waals surface area (Å²) in [6, 6.07) is 0.488. The molecular weight excluding hydrogens is 284 g/mol. The molecule has 6 heteroatoms. The first kappa shape index (κ1) is 11.2. The summed E-state index contributed by atoms with van der Waals surface area (Å²) in [5, 5.41) is 7.42. The fraction of sp³-hybridized carbons (Fsp3) is 0.636. The molecule has 2 aliphatic carbocycles. The van der Waals surface area contributed by atoms with Crippen LogP contribution in [0.3, 0.4) is 0 Å². The van der Waals surface area contributed by atoms with E-state index in [9.17, 15) is 4.79 Å². The molecular formula is C11H15BrN4O. The third-order valence-corrected chi connectivity index (χ3v) is 4.06. The average molecular weight is 299 g/mol. The van der Waals surface area contributed by atoms with E-state index in [1.54, 1.807) is 10.9 Å². The molecule has 0 aliphatic heterocycles. The van der Waals surface area contributed by atoms with Crippen molar-refractivity contribution in [3.05, 3.63) is 21.0 Å². The maximum atomic E-state index is 12.0. The van der Waals surface area contributed by atoms with Gasteiger partial charge in [0.05, 0.1) is 11.9 Å². The van der Waals surface area contributed by atoms with Crippen molar-refractivity contribution in [2.45, 2.75) is 37.9 Å². The number of rotatable bonds is 4. The molecule has 0 bridgehead atoms. The largest absolute Gasteiger partial charge is 0.378 e. The third-order valence-electron chi connectivity index (χ3n) is 3.29. The number of nitrogens with one attached hydrogen (secondary N) is 1. The fourth-order valence-electron chi connectivity index (χ4n) is 1.82. The summed E-state index contributed by atoms with van der Waals surface area (Å²) >= 11 is 3.34. The highest BCUT2D eigenvalue weighted by Gasteiger charge is 2.34. The van der Waals surface area contributed by atoms with Crippen LogP contribution in [0.15, 0.2) is 15.5 Å². The van der Waals surface area contributed by atoms with Crippen LogP contribution in [0.2, 0.25) is 0 Å².